The van der Waals surface area contributed by atoms with Crippen molar-refractivity contribution in [2.45, 2.75) is 13.5 Å². The standard InChI is InChI=1S/C13H16N4O/c1-9-10(4-3-5-11(9)14)13(18)17(2)8-12-15-6-7-16-12/h3-7H,8,14H2,1-2H3,(H,15,16). The van der Waals surface area contributed by atoms with Crippen LogP contribution in [0, 0.1) is 6.92 Å². The van der Waals surface area contributed by atoms with E-state index in [0.29, 0.717) is 17.8 Å². The third-order valence-corrected chi connectivity index (χ3v) is 2.89. The molecule has 0 aliphatic heterocycles. The Balaban J connectivity index is 2.18. The minimum atomic E-state index is -0.0591. The third-order valence-electron chi connectivity index (χ3n) is 2.89. The van der Waals surface area contributed by atoms with E-state index < -0.39 is 0 Å². The lowest BCUT2D eigenvalue weighted by atomic mass is 10.1. The molecule has 0 radical (unpaired) electrons. The number of hydrogen-bond donors (Lipinski definition) is 2. The lowest BCUT2D eigenvalue weighted by Gasteiger charge is -2.17. The summed E-state index contributed by atoms with van der Waals surface area (Å²) >= 11 is 0. The molecule has 0 spiro atoms. The maximum atomic E-state index is 12.3. The van der Waals surface area contributed by atoms with Crippen molar-refractivity contribution in [2.75, 3.05) is 12.8 Å². The van der Waals surface area contributed by atoms with Crippen molar-refractivity contribution in [3.05, 3.63) is 47.5 Å². The average molecular weight is 244 g/mol. The number of aromatic nitrogens is 2. The van der Waals surface area contributed by atoms with Gasteiger partial charge in [0.15, 0.2) is 0 Å². The van der Waals surface area contributed by atoms with Crippen LogP contribution in [0.25, 0.3) is 0 Å². The number of amides is 1. The number of nitrogens with one attached hydrogen (secondary N) is 1. The monoisotopic (exact) mass is 244 g/mol. The lowest BCUT2D eigenvalue weighted by Crippen LogP contribution is -2.27. The van der Waals surface area contributed by atoms with Crippen LogP contribution in [0.15, 0.2) is 30.6 Å². The van der Waals surface area contributed by atoms with E-state index in [-0.39, 0.29) is 5.91 Å². The molecular formula is C13H16N4O. The van der Waals surface area contributed by atoms with Crippen molar-refractivity contribution in [3.63, 3.8) is 0 Å². The zero-order chi connectivity index (χ0) is 13.1. The fourth-order valence-corrected chi connectivity index (χ4v) is 1.77. The van der Waals surface area contributed by atoms with E-state index in [1.54, 1.807) is 42.5 Å². The highest BCUT2D eigenvalue weighted by atomic mass is 16.2. The Kier molecular flexibility index (Phi) is 3.32. The molecule has 94 valence electrons. The van der Waals surface area contributed by atoms with Gasteiger partial charge in [0.2, 0.25) is 0 Å². The predicted octanol–water partition coefficient (Wildman–Crippen LogP) is 1.57. The minimum Gasteiger partial charge on any atom is -0.398 e. The van der Waals surface area contributed by atoms with Crippen LogP contribution in [0.3, 0.4) is 0 Å². The smallest absolute Gasteiger partial charge is 0.254 e. The Bertz CT molecular complexity index is 548. The second-order valence-electron chi connectivity index (χ2n) is 4.22. The first-order valence-electron chi connectivity index (χ1n) is 5.68. The number of rotatable bonds is 3. The first kappa shape index (κ1) is 12.2. The fourth-order valence-electron chi connectivity index (χ4n) is 1.77. The number of carbonyl (C=O) groups excluding carboxylic acids is 1. The highest BCUT2D eigenvalue weighted by Gasteiger charge is 2.15. The highest BCUT2D eigenvalue weighted by molar-refractivity contribution is 5.96. The largest absolute Gasteiger partial charge is 0.398 e. The van der Waals surface area contributed by atoms with Gasteiger partial charge in [-0.2, -0.15) is 0 Å². The summed E-state index contributed by atoms with van der Waals surface area (Å²) in [7, 11) is 1.74. The van der Waals surface area contributed by atoms with Gasteiger partial charge in [0.25, 0.3) is 5.91 Å². The molecule has 1 heterocycles. The number of nitrogen functional groups attached to an aromatic ring is 1. The second kappa shape index (κ2) is 4.91. The van der Waals surface area contributed by atoms with E-state index in [4.69, 9.17) is 5.73 Å². The van der Waals surface area contributed by atoms with Gasteiger partial charge >= 0.3 is 0 Å². The molecule has 0 atom stereocenters. The summed E-state index contributed by atoms with van der Waals surface area (Å²) in [5.74, 6) is 0.698. The molecule has 0 unspecified atom stereocenters. The number of nitrogens with two attached hydrogens (primary N) is 1. The summed E-state index contributed by atoms with van der Waals surface area (Å²) in [6.45, 7) is 2.30. The molecule has 0 aliphatic rings. The SMILES string of the molecule is Cc1c(N)cccc1C(=O)N(C)Cc1ncc[nH]1. The molecule has 18 heavy (non-hydrogen) atoms. The van der Waals surface area contributed by atoms with Crippen LogP contribution >= 0.6 is 0 Å². The van der Waals surface area contributed by atoms with Gasteiger partial charge in [0, 0.05) is 30.7 Å². The van der Waals surface area contributed by atoms with Crippen LogP contribution in [-0.2, 0) is 6.54 Å². The second-order valence-corrected chi connectivity index (χ2v) is 4.22. The van der Waals surface area contributed by atoms with Gasteiger partial charge in [-0.05, 0) is 24.6 Å². The molecule has 0 aliphatic carbocycles. The molecule has 1 aromatic heterocycles. The normalized spacial score (nSPS) is 10.3. The zero-order valence-electron chi connectivity index (χ0n) is 10.5. The molecule has 3 N–H and O–H groups in total. The minimum absolute atomic E-state index is 0.0591. The van der Waals surface area contributed by atoms with E-state index in [9.17, 15) is 4.79 Å². The Labute approximate surface area is 106 Å². The van der Waals surface area contributed by atoms with E-state index in [1.165, 1.54) is 0 Å². The topological polar surface area (TPSA) is 75.0 Å². The molecule has 1 amide bonds. The number of aromatic amines is 1. The maximum absolute atomic E-state index is 12.3. The van der Waals surface area contributed by atoms with E-state index in [1.807, 2.05) is 6.92 Å². The molecule has 5 heteroatoms. The van der Waals surface area contributed by atoms with Gasteiger partial charge in [-0.25, -0.2) is 4.98 Å². The lowest BCUT2D eigenvalue weighted by molar-refractivity contribution is 0.0781. The summed E-state index contributed by atoms with van der Waals surface area (Å²) in [4.78, 5) is 21.0. The number of carbonyl (C=O) groups is 1. The zero-order valence-corrected chi connectivity index (χ0v) is 10.5. The van der Waals surface area contributed by atoms with Gasteiger partial charge in [-0.1, -0.05) is 6.07 Å². The molecule has 0 fully saturated rings. The molecule has 0 saturated carbocycles. The average Bonchev–Trinajstić information content (AvgIpc) is 2.84. The number of hydrogen-bond acceptors (Lipinski definition) is 3. The van der Waals surface area contributed by atoms with Crippen molar-refractivity contribution in [3.8, 4) is 0 Å². The van der Waals surface area contributed by atoms with Crippen LogP contribution < -0.4 is 5.73 Å². The number of anilines is 1. The van der Waals surface area contributed by atoms with E-state index >= 15 is 0 Å². The van der Waals surface area contributed by atoms with Crippen molar-refractivity contribution < 1.29 is 4.79 Å². The van der Waals surface area contributed by atoms with Crippen molar-refractivity contribution in [2.24, 2.45) is 0 Å². The third kappa shape index (κ3) is 2.34. The molecule has 0 bridgehead atoms. The van der Waals surface area contributed by atoms with Gasteiger partial charge in [0.05, 0.1) is 6.54 Å². The number of nitrogens with zero attached hydrogens (tertiary/aromatic N) is 2. The maximum Gasteiger partial charge on any atom is 0.254 e. The van der Waals surface area contributed by atoms with Crippen LogP contribution in [0.5, 0.6) is 0 Å². The van der Waals surface area contributed by atoms with Crippen LogP contribution in [0.2, 0.25) is 0 Å². The number of benzene rings is 1. The first-order chi connectivity index (χ1) is 8.59. The summed E-state index contributed by atoms with van der Waals surface area (Å²) in [5, 5.41) is 0. The first-order valence-corrected chi connectivity index (χ1v) is 5.68. The van der Waals surface area contributed by atoms with Gasteiger partial charge in [0.1, 0.15) is 5.82 Å². The quantitative estimate of drug-likeness (QED) is 0.805. The molecule has 2 aromatic rings. The molecule has 5 nitrogen and oxygen atoms in total. The Morgan fingerprint density at radius 2 is 2.28 bits per heavy atom. The van der Waals surface area contributed by atoms with Gasteiger partial charge in [-0.15, -0.1) is 0 Å². The van der Waals surface area contributed by atoms with E-state index in [2.05, 4.69) is 9.97 Å². The summed E-state index contributed by atoms with van der Waals surface area (Å²) in [6, 6.07) is 5.36. The fraction of sp³-hybridized carbons (Fsp3) is 0.231. The Morgan fingerprint density at radius 1 is 1.50 bits per heavy atom. The van der Waals surface area contributed by atoms with Crippen LogP contribution in [0.4, 0.5) is 5.69 Å². The summed E-state index contributed by atoms with van der Waals surface area (Å²) < 4.78 is 0. The van der Waals surface area contributed by atoms with Crippen molar-refractivity contribution in [1.82, 2.24) is 14.9 Å². The molecule has 2 rings (SSSR count). The van der Waals surface area contributed by atoms with Crippen LogP contribution in [0.1, 0.15) is 21.7 Å². The van der Waals surface area contributed by atoms with Gasteiger partial charge in [-0.3, -0.25) is 4.79 Å². The van der Waals surface area contributed by atoms with Crippen molar-refractivity contribution in [1.29, 1.82) is 0 Å². The van der Waals surface area contributed by atoms with Crippen LogP contribution in [-0.4, -0.2) is 27.8 Å². The van der Waals surface area contributed by atoms with Gasteiger partial charge < -0.3 is 15.6 Å². The Morgan fingerprint density at radius 3 is 2.94 bits per heavy atom. The number of H-pyrrole nitrogens is 1. The van der Waals surface area contributed by atoms with E-state index in [0.717, 1.165) is 11.4 Å². The predicted molar refractivity (Wildman–Crippen MR) is 70.0 cm³/mol. The summed E-state index contributed by atoms with van der Waals surface area (Å²) in [5.41, 5.74) is 7.88. The molecule has 0 saturated heterocycles. The molecule has 1 aromatic carbocycles. The number of imidazole rings is 1. The highest BCUT2D eigenvalue weighted by Crippen LogP contribution is 2.17. The molecular weight excluding hydrogens is 228 g/mol. The Hall–Kier alpha value is -2.30. The van der Waals surface area contributed by atoms with Crippen molar-refractivity contribution >= 4 is 11.6 Å². The summed E-state index contributed by atoms with van der Waals surface area (Å²) in [6.07, 6.45) is 3.40.